The Hall–Kier alpha value is -2.74. The molecular formula is C17H17FN2O5. The number of esters is 1. The van der Waals surface area contributed by atoms with E-state index in [1.165, 1.54) is 22.9 Å². The minimum absolute atomic E-state index is 0.102. The second-order valence-corrected chi connectivity index (χ2v) is 5.72. The lowest BCUT2D eigenvalue weighted by Crippen LogP contribution is -2.44. The van der Waals surface area contributed by atoms with E-state index < -0.39 is 23.0 Å². The van der Waals surface area contributed by atoms with Crippen molar-refractivity contribution in [3.63, 3.8) is 0 Å². The summed E-state index contributed by atoms with van der Waals surface area (Å²) in [5.74, 6) is -1.17. The molecule has 0 spiro atoms. The van der Waals surface area contributed by atoms with Crippen LogP contribution in [0.3, 0.4) is 0 Å². The first-order valence-electron chi connectivity index (χ1n) is 7.88. The van der Waals surface area contributed by atoms with Gasteiger partial charge in [-0.15, -0.1) is 0 Å². The fourth-order valence-electron chi connectivity index (χ4n) is 2.57. The number of hydrogen-bond donors (Lipinski definition) is 0. The molecule has 2 heterocycles. The van der Waals surface area contributed by atoms with Gasteiger partial charge in [-0.3, -0.25) is 9.36 Å². The van der Waals surface area contributed by atoms with Gasteiger partial charge in [0.05, 0.1) is 25.5 Å². The van der Waals surface area contributed by atoms with Crippen LogP contribution in [-0.2, 0) is 16.0 Å². The topological polar surface area (TPSA) is 79.5 Å². The zero-order valence-corrected chi connectivity index (χ0v) is 13.6. The molecule has 0 amide bonds. The van der Waals surface area contributed by atoms with Gasteiger partial charge < -0.3 is 9.47 Å². The highest BCUT2D eigenvalue weighted by molar-refractivity contribution is 5.88. The van der Waals surface area contributed by atoms with Crippen LogP contribution in [-0.4, -0.2) is 34.9 Å². The van der Waals surface area contributed by atoms with Gasteiger partial charge in [0.1, 0.15) is 11.4 Å². The molecule has 0 unspecified atom stereocenters. The molecule has 0 aliphatic carbocycles. The fourth-order valence-corrected chi connectivity index (χ4v) is 2.57. The lowest BCUT2D eigenvalue weighted by molar-refractivity contribution is -0.0400. The SMILES string of the molecule is CCOC(=O)c1cn(CC2COC2)c(=O)n(-c2ccc(F)cc2)c1=O. The molecule has 7 nitrogen and oxygen atoms in total. The number of halogens is 1. The van der Waals surface area contributed by atoms with Crippen LogP contribution in [0.4, 0.5) is 4.39 Å². The summed E-state index contributed by atoms with van der Waals surface area (Å²) in [5.41, 5.74) is -1.46. The highest BCUT2D eigenvalue weighted by atomic mass is 19.1. The molecule has 0 bridgehead atoms. The number of benzene rings is 1. The van der Waals surface area contributed by atoms with E-state index in [0.29, 0.717) is 19.8 Å². The van der Waals surface area contributed by atoms with Crippen LogP contribution in [0.1, 0.15) is 17.3 Å². The monoisotopic (exact) mass is 348 g/mol. The quantitative estimate of drug-likeness (QED) is 0.752. The van der Waals surface area contributed by atoms with Crippen molar-refractivity contribution in [2.75, 3.05) is 19.8 Å². The molecule has 0 atom stereocenters. The van der Waals surface area contributed by atoms with Gasteiger partial charge in [0, 0.05) is 18.7 Å². The van der Waals surface area contributed by atoms with Crippen LogP contribution in [0.25, 0.3) is 5.69 Å². The number of carbonyl (C=O) groups excluding carboxylic acids is 1. The molecule has 1 aliphatic heterocycles. The molecule has 8 heteroatoms. The third kappa shape index (κ3) is 3.39. The van der Waals surface area contributed by atoms with Gasteiger partial charge in [-0.05, 0) is 31.2 Å². The maximum Gasteiger partial charge on any atom is 0.345 e. The van der Waals surface area contributed by atoms with Crippen molar-refractivity contribution in [1.29, 1.82) is 0 Å². The van der Waals surface area contributed by atoms with E-state index in [0.717, 1.165) is 16.7 Å². The summed E-state index contributed by atoms with van der Waals surface area (Å²) in [6, 6.07) is 4.90. The van der Waals surface area contributed by atoms with Gasteiger partial charge in [-0.2, -0.15) is 0 Å². The Morgan fingerprint density at radius 3 is 2.52 bits per heavy atom. The van der Waals surface area contributed by atoms with E-state index in [-0.39, 0.29) is 23.8 Å². The molecule has 2 aromatic rings. The minimum atomic E-state index is -0.804. The average molecular weight is 348 g/mol. The molecule has 1 aliphatic rings. The number of nitrogens with zero attached hydrogens (tertiary/aromatic N) is 2. The number of carbonyl (C=O) groups is 1. The van der Waals surface area contributed by atoms with Gasteiger partial charge in [0.2, 0.25) is 0 Å². The lowest BCUT2D eigenvalue weighted by atomic mass is 10.1. The lowest BCUT2D eigenvalue weighted by Gasteiger charge is -2.26. The normalized spacial score (nSPS) is 14.2. The number of rotatable bonds is 5. The Labute approximate surface area is 142 Å². The standard InChI is InChI=1S/C17H17FN2O5/c1-2-25-16(22)14-8-19(7-11-9-24-10-11)17(23)20(15(14)21)13-5-3-12(18)4-6-13/h3-6,8,11H,2,7,9-10H2,1H3. The van der Waals surface area contributed by atoms with Crippen LogP contribution in [0.15, 0.2) is 40.1 Å². The molecule has 1 fully saturated rings. The molecule has 132 valence electrons. The maximum atomic E-state index is 13.2. The van der Waals surface area contributed by atoms with Crippen LogP contribution in [0.5, 0.6) is 0 Å². The second-order valence-electron chi connectivity index (χ2n) is 5.72. The minimum Gasteiger partial charge on any atom is -0.462 e. The highest BCUT2D eigenvalue weighted by Gasteiger charge is 2.23. The predicted octanol–water partition coefficient (Wildman–Crippen LogP) is 0.961. The highest BCUT2D eigenvalue weighted by Crippen LogP contribution is 2.12. The van der Waals surface area contributed by atoms with Gasteiger partial charge in [-0.1, -0.05) is 0 Å². The molecule has 0 saturated carbocycles. The molecule has 3 rings (SSSR count). The Morgan fingerprint density at radius 1 is 1.28 bits per heavy atom. The van der Waals surface area contributed by atoms with Crippen LogP contribution in [0, 0.1) is 11.7 Å². The number of aromatic nitrogens is 2. The summed E-state index contributed by atoms with van der Waals surface area (Å²) >= 11 is 0. The van der Waals surface area contributed by atoms with E-state index in [2.05, 4.69) is 0 Å². The van der Waals surface area contributed by atoms with Crippen molar-refractivity contribution < 1.29 is 18.7 Å². The van der Waals surface area contributed by atoms with Crippen LogP contribution in [0.2, 0.25) is 0 Å². The fraction of sp³-hybridized carbons (Fsp3) is 0.353. The molecule has 0 N–H and O–H groups in total. The zero-order valence-electron chi connectivity index (χ0n) is 13.6. The summed E-state index contributed by atoms with van der Waals surface area (Å²) in [5, 5.41) is 0. The Kier molecular flexibility index (Phi) is 4.80. The van der Waals surface area contributed by atoms with Crippen LogP contribution < -0.4 is 11.2 Å². The summed E-state index contributed by atoms with van der Waals surface area (Å²) in [7, 11) is 0. The van der Waals surface area contributed by atoms with Gasteiger partial charge in [0.25, 0.3) is 5.56 Å². The van der Waals surface area contributed by atoms with E-state index >= 15 is 0 Å². The molecule has 1 aromatic carbocycles. The molecule has 0 radical (unpaired) electrons. The molecular weight excluding hydrogens is 331 g/mol. The number of ether oxygens (including phenoxy) is 2. The Morgan fingerprint density at radius 2 is 1.96 bits per heavy atom. The third-order valence-electron chi connectivity index (χ3n) is 3.90. The van der Waals surface area contributed by atoms with E-state index in [4.69, 9.17) is 9.47 Å². The van der Waals surface area contributed by atoms with Crippen molar-refractivity contribution in [2.45, 2.75) is 13.5 Å². The first-order valence-corrected chi connectivity index (χ1v) is 7.88. The van der Waals surface area contributed by atoms with Crippen molar-refractivity contribution >= 4 is 5.97 Å². The zero-order chi connectivity index (χ0) is 18.0. The van der Waals surface area contributed by atoms with Crippen molar-refractivity contribution in [2.24, 2.45) is 5.92 Å². The Balaban J connectivity index is 2.16. The first-order chi connectivity index (χ1) is 12.0. The largest absolute Gasteiger partial charge is 0.462 e. The van der Waals surface area contributed by atoms with Crippen molar-refractivity contribution in [3.8, 4) is 5.69 Å². The van der Waals surface area contributed by atoms with E-state index in [9.17, 15) is 18.8 Å². The summed E-state index contributed by atoms with van der Waals surface area (Å²) in [6.07, 6.45) is 1.22. The van der Waals surface area contributed by atoms with E-state index in [1.807, 2.05) is 0 Å². The summed E-state index contributed by atoms with van der Waals surface area (Å²) in [4.78, 5) is 37.5. The maximum absolute atomic E-state index is 13.2. The summed E-state index contributed by atoms with van der Waals surface area (Å²) < 4.78 is 25.3. The molecule has 1 aromatic heterocycles. The first kappa shape index (κ1) is 17.1. The van der Waals surface area contributed by atoms with Gasteiger partial charge in [-0.25, -0.2) is 18.5 Å². The number of hydrogen-bond acceptors (Lipinski definition) is 5. The van der Waals surface area contributed by atoms with Crippen molar-refractivity contribution in [1.82, 2.24) is 9.13 Å². The molecule has 25 heavy (non-hydrogen) atoms. The third-order valence-corrected chi connectivity index (χ3v) is 3.90. The molecule has 1 saturated heterocycles. The van der Waals surface area contributed by atoms with Gasteiger partial charge in [0.15, 0.2) is 0 Å². The van der Waals surface area contributed by atoms with Crippen molar-refractivity contribution in [3.05, 3.63) is 62.7 Å². The summed E-state index contributed by atoms with van der Waals surface area (Å²) in [6.45, 7) is 3.06. The van der Waals surface area contributed by atoms with Crippen LogP contribution >= 0.6 is 0 Å². The van der Waals surface area contributed by atoms with Gasteiger partial charge >= 0.3 is 11.7 Å². The van der Waals surface area contributed by atoms with E-state index in [1.54, 1.807) is 6.92 Å². The smallest absolute Gasteiger partial charge is 0.345 e. The second kappa shape index (κ2) is 7.02. The Bertz CT molecular complexity index is 897. The predicted molar refractivity (Wildman–Crippen MR) is 86.5 cm³/mol. The average Bonchev–Trinajstić information content (AvgIpc) is 2.54.